The molecule has 0 aliphatic heterocycles. The van der Waals surface area contributed by atoms with Crippen LogP contribution in [0.4, 0.5) is 0 Å². The quantitative estimate of drug-likeness (QED) is 0.764. The molecule has 0 fully saturated rings. The molecule has 98 valence electrons. The molecule has 0 radical (unpaired) electrons. The van der Waals surface area contributed by atoms with Gasteiger partial charge in [0, 0.05) is 5.41 Å². The van der Waals surface area contributed by atoms with E-state index in [1.165, 1.54) is 0 Å². The number of nitrogens with one attached hydrogen (secondary N) is 1. The molecule has 0 aliphatic rings. The third-order valence-electron chi connectivity index (χ3n) is 2.63. The van der Waals surface area contributed by atoms with E-state index in [1.54, 1.807) is 48.5 Å². The zero-order valence-electron chi connectivity index (χ0n) is 12.0. The Morgan fingerprint density at radius 2 is 1.41 bits per heavy atom. The van der Waals surface area contributed by atoms with Gasteiger partial charge < -0.3 is 5.32 Å². The minimum atomic E-state index is -0.949. The van der Waals surface area contributed by atoms with Gasteiger partial charge in [0.25, 0.3) is 0 Å². The Bertz CT molecular complexity index is 336. The summed E-state index contributed by atoms with van der Waals surface area (Å²) in [5, 5.41) is 2.76. The first-order valence-electron chi connectivity index (χ1n) is 5.70. The smallest absolute Gasteiger partial charge is 0.226 e. The Morgan fingerprint density at radius 1 is 1.00 bits per heavy atom. The van der Waals surface area contributed by atoms with E-state index in [0.29, 0.717) is 0 Å². The van der Waals surface area contributed by atoms with Crippen molar-refractivity contribution in [1.29, 1.82) is 0 Å². The molecule has 0 rings (SSSR count). The Hall–Kier alpha value is -1.19. The van der Waals surface area contributed by atoms with Gasteiger partial charge in [0.05, 0.1) is 5.54 Å². The van der Waals surface area contributed by atoms with Gasteiger partial charge in [-0.3, -0.25) is 14.6 Å². The molecule has 0 aromatic heterocycles. The molecule has 0 heterocycles. The number of amides is 1. The number of hydrogen-bond acceptors (Lipinski definition) is 3. The lowest BCUT2D eigenvalue weighted by molar-refractivity contribution is -0.137. The fraction of sp³-hybridized carbons (Fsp3) is 0.769. The molecular weight excluding hydrogens is 216 g/mol. The van der Waals surface area contributed by atoms with E-state index in [0.717, 1.165) is 0 Å². The van der Waals surface area contributed by atoms with Crippen molar-refractivity contribution in [3.63, 3.8) is 0 Å². The van der Waals surface area contributed by atoms with Gasteiger partial charge in [0.1, 0.15) is 5.54 Å². The summed E-state index contributed by atoms with van der Waals surface area (Å²) < 4.78 is 0. The van der Waals surface area contributed by atoms with Gasteiger partial charge in [-0.1, -0.05) is 20.8 Å². The highest BCUT2D eigenvalue weighted by Gasteiger charge is 2.40. The van der Waals surface area contributed by atoms with Crippen molar-refractivity contribution in [2.45, 2.75) is 59.5 Å². The summed E-state index contributed by atoms with van der Waals surface area (Å²) in [7, 11) is 0. The Kier molecular flexibility index (Phi) is 4.27. The van der Waals surface area contributed by atoms with Crippen LogP contribution in [0.3, 0.4) is 0 Å². The maximum Gasteiger partial charge on any atom is 0.226 e. The summed E-state index contributed by atoms with van der Waals surface area (Å²) in [5.74, 6) is -0.312. The van der Waals surface area contributed by atoms with E-state index in [1.807, 2.05) is 0 Å². The number of Topliss-reactive ketones (excluding diaryl/α,β-unsaturated/α-hetero) is 1. The number of rotatable bonds is 4. The first kappa shape index (κ1) is 15.8. The standard InChI is InChI=1S/C13H24N2O2/c1-11(2,3)10(17)15-13(6,7)9(16)12(4,5)14-8/h8H2,1-7H3,(H,15,17). The summed E-state index contributed by atoms with van der Waals surface area (Å²) in [5.41, 5.74) is -2.37. The molecule has 17 heavy (non-hydrogen) atoms. The van der Waals surface area contributed by atoms with Crippen molar-refractivity contribution in [3.8, 4) is 0 Å². The molecule has 4 heteroatoms. The lowest BCUT2D eigenvalue weighted by Crippen LogP contribution is -2.58. The maximum absolute atomic E-state index is 12.2. The van der Waals surface area contributed by atoms with Crippen LogP contribution in [0.1, 0.15) is 48.5 Å². The molecule has 4 nitrogen and oxygen atoms in total. The number of ketones is 1. The van der Waals surface area contributed by atoms with Crippen LogP contribution in [-0.2, 0) is 9.59 Å². The van der Waals surface area contributed by atoms with Crippen LogP contribution in [-0.4, -0.2) is 29.5 Å². The van der Waals surface area contributed by atoms with Crippen molar-refractivity contribution in [2.75, 3.05) is 0 Å². The van der Waals surface area contributed by atoms with Crippen LogP contribution in [0.15, 0.2) is 4.99 Å². The number of nitrogens with zero attached hydrogens (tertiary/aromatic N) is 1. The van der Waals surface area contributed by atoms with Crippen LogP contribution >= 0.6 is 0 Å². The fourth-order valence-corrected chi connectivity index (χ4v) is 1.36. The van der Waals surface area contributed by atoms with Crippen molar-refractivity contribution < 1.29 is 9.59 Å². The maximum atomic E-state index is 12.2. The normalized spacial score (nSPS) is 13.1. The predicted octanol–water partition coefficient (Wildman–Crippen LogP) is 1.98. The lowest BCUT2D eigenvalue weighted by atomic mass is 9.84. The van der Waals surface area contributed by atoms with Crippen LogP contribution in [0.5, 0.6) is 0 Å². The van der Waals surface area contributed by atoms with Gasteiger partial charge in [-0.05, 0) is 34.4 Å². The molecule has 0 spiro atoms. The van der Waals surface area contributed by atoms with Crippen LogP contribution in [0.25, 0.3) is 0 Å². The molecule has 1 amide bonds. The van der Waals surface area contributed by atoms with Gasteiger partial charge in [-0.25, -0.2) is 0 Å². The summed E-state index contributed by atoms with van der Waals surface area (Å²) in [6, 6.07) is 0. The number of carbonyl (C=O) groups excluding carboxylic acids is 2. The second-order valence-electron chi connectivity index (χ2n) is 6.38. The number of hydrogen-bond donors (Lipinski definition) is 1. The monoisotopic (exact) mass is 240 g/mol. The van der Waals surface area contributed by atoms with Crippen molar-refractivity contribution in [1.82, 2.24) is 5.32 Å². The predicted molar refractivity (Wildman–Crippen MR) is 70.3 cm³/mol. The highest BCUT2D eigenvalue weighted by Crippen LogP contribution is 2.21. The van der Waals surface area contributed by atoms with E-state index in [-0.39, 0.29) is 11.7 Å². The lowest BCUT2D eigenvalue weighted by Gasteiger charge is -2.33. The average Bonchev–Trinajstić information content (AvgIpc) is 2.14. The molecule has 0 unspecified atom stereocenters. The van der Waals surface area contributed by atoms with Crippen molar-refractivity contribution in [3.05, 3.63) is 0 Å². The van der Waals surface area contributed by atoms with Crippen LogP contribution < -0.4 is 5.32 Å². The molecule has 0 aromatic carbocycles. The molecule has 0 aromatic rings. The van der Waals surface area contributed by atoms with E-state index >= 15 is 0 Å². The summed E-state index contributed by atoms with van der Waals surface area (Å²) in [6.45, 7) is 15.6. The minimum absolute atomic E-state index is 0.155. The third-order valence-corrected chi connectivity index (χ3v) is 2.63. The largest absolute Gasteiger partial charge is 0.344 e. The van der Waals surface area contributed by atoms with Gasteiger partial charge >= 0.3 is 0 Å². The van der Waals surface area contributed by atoms with E-state index in [4.69, 9.17) is 0 Å². The summed E-state index contributed by atoms with van der Waals surface area (Å²) >= 11 is 0. The molecule has 0 bridgehead atoms. The summed E-state index contributed by atoms with van der Waals surface area (Å²) in [4.78, 5) is 27.9. The van der Waals surface area contributed by atoms with E-state index < -0.39 is 16.5 Å². The van der Waals surface area contributed by atoms with Gasteiger partial charge in [0.15, 0.2) is 5.78 Å². The topological polar surface area (TPSA) is 58.5 Å². The van der Waals surface area contributed by atoms with Gasteiger partial charge in [-0.15, -0.1) is 0 Å². The molecular formula is C13H24N2O2. The number of aliphatic imine (C=N–C) groups is 1. The SMILES string of the molecule is C=NC(C)(C)C(=O)C(C)(C)NC(=O)C(C)(C)C. The van der Waals surface area contributed by atoms with E-state index in [2.05, 4.69) is 17.0 Å². The number of carbonyl (C=O) groups is 2. The molecule has 0 saturated heterocycles. The molecule has 0 atom stereocenters. The zero-order chi connectivity index (χ0) is 14.1. The highest BCUT2D eigenvalue weighted by molar-refractivity contribution is 5.99. The Balaban J connectivity index is 5.00. The highest BCUT2D eigenvalue weighted by atomic mass is 16.2. The second kappa shape index (κ2) is 4.59. The third kappa shape index (κ3) is 3.95. The first-order chi connectivity index (χ1) is 7.34. The van der Waals surface area contributed by atoms with Crippen molar-refractivity contribution in [2.24, 2.45) is 10.4 Å². The average molecular weight is 240 g/mol. The van der Waals surface area contributed by atoms with Crippen LogP contribution in [0.2, 0.25) is 0 Å². The van der Waals surface area contributed by atoms with Crippen molar-refractivity contribution >= 4 is 18.4 Å². The Morgan fingerprint density at radius 3 is 1.71 bits per heavy atom. The Labute approximate surface area is 104 Å². The minimum Gasteiger partial charge on any atom is -0.344 e. The molecule has 1 N–H and O–H groups in total. The van der Waals surface area contributed by atoms with E-state index in [9.17, 15) is 9.59 Å². The van der Waals surface area contributed by atoms with Gasteiger partial charge in [-0.2, -0.15) is 0 Å². The fourth-order valence-electron chi connectivity index (χ4n) is 1.36. The van der Waals surface area contributed by atoms with Crippen LogP contribution in [0, 0.1) is 5.41 Å². The molecule has 0 saturated carbocycles. The molecule has 0 aliphatic carbocycles. The van der Waals surface area contributed by atoms with Gasteiger partial charge in [0.2, 0.25) is 5.91 Å². The summed E-state index contributed by atoms with van der Waals surface area (Å²) in [6.07, 6.45) is 0. The first-order valence-corrected chi connectivity index (χ1v) is 5.70. The zero-order valence-corrected chi connectivity index (χ0v) is 12.0. The second-order valence-corrected chi connectivity index (χ2v) is 6.38.